The molecule has 0 heterocycles. The average molecular weight is 221 g/mol. The predicted octanol–water partition coefficient (Wildman–Crippen LogP) is 5.23. The van der Waals surface area contributed by atoms with Gasteiger partial charge in [-0.2, -0.15) is 5.26 Å². The van der Waals surface area contributed by atoms with Crippen molar-refractivity contribution in [2.45, 2.75) is 71.6 Å². The van der Waals surface area contributed by atoms with Crippen LogP contribution in [0, 0.1) is 17.2 Å². The second-order valence-electron chi connectivity index (χ2n) is 4.69. The van der Waals surface area contributed by atoms with E-state index in [0.717, 1.165) is 12.3 Å². The Morgan fingerprint density at radius 1 is 1.06 bits per heavy atom. The summed E-state index contributed by atoms with van der Waals surface area (Å²) in [6, 6.07) is 2.12. The first-order valence-corrected chi connectivity index (χ1v) is 6.83. The number of hydrogen-bond donors (Lipinski definition) is 0. The molecule has 16 heavy (non-hydrogen) atoms. The van der Waals surface area contributed by atoms with E-state index in [4.69, 9.17) is 5.26 Å². The minimum atomic E-state index is 0.564. The quantitative estimate of drug-likeness (QED) is 0.366. The molecule has 0 rings (SSSR count). The SMILES string of the molecule is CCC(C)CCCCCCCC=CCC#N. The normalized spacial score (nSPS) is 12.8. The fraction of sp³-hybridized carbons (Fsp3) is 0.800. The fourth-order valence-electron chi connectivity index (χ4n) is 1.74. The molecule has 0 fully saturated rings. The molecule has 0 aromatic heterocycles. The fourth-order valence-corrected chi connectivity index (χ4v) is 1.74. The molecule has 0 saturated heterocycles. The minimum Gasteiger partial charge on any atom is -0.198 e. The van der Waals surface area contributed by atoms with Crippen LogP contribution in [-0.2, 0) is 0 Å². The zero-order valence-electron chi connectivity index (χ0n) is 11.0. The van der Waals surface area contributed by atoms with E-state index in [2.05, 4.69) is 26.0 Å². The predicted molar refractivity (Wildman–Crippen MR) is 71.1 cm³/mol. The Balaban J connectivity index is 3.07. The summed E-state index contributed by atoms with van der Waals surface area (Å²) in [6.45, 7) is 4.62. The highest BCUT2D eigenvalue weighted by atomic mass is 14.2. The topological polar surface area (TPSA) is 23.8 Å². The highest BCUT2D eigenvalue weighted by molar-refractivity contribution is 4.90. The first-order chi connectivity index (χ1) is 7.81. The molecule has 1 atom stereocenters. The lowest BCUT2D eigenvalue weighted by Gasteiger charge is -2.06. The van der Waals surface area contributed by atoms with Gasteiger partial charge in [0.1, 0.15) is 0 Å². The summed E-state index contributed by atoms with van der Waals surface area (Å²) < 4.78 is 0. The van der Waals surface area contributed by atoms with Crippen molar-refractivity contribution >= 4 is 0 Å². The maximum Gasteiger partial charge on any atom is 0.0663 e. The van der Waals surface area contributed by atoms with Gasteiger partial charge in [-0.05, 0) is 18.8 Å². The van der Waals surface area contributed by atoms with Crippen molar-refractivity contribution in [2.75, 3.05) is 0 Å². The molecule has 1 heteroatoms. The van der Waals surface area contributed by atoms with E-state index in [1.807, 2.05) is 6.08 Å². The van der Waals surface area contributed by atoms with Crippen LogP contribution in [0.2, 0.25) is 0 Å². The van der Waals surface area contributed by atoms with Gasteiger partial charge in [0, 0.05) is 0 Å². The summed E-state index contributed by atoms with van der Waals surface area (Å²) in [7, 11) is 0. The van der Waals surface area contributed by atoms with Crippen LogP contribution in [0.15, 0.2) is 12.2 Å². The van der Waals surface area contributed by atoms with Crippen LogP contribution in [-0.4, -0.2) is 0 Å². The number of nitrogens with zero attached hydrogens (tertiary/aromatic N) is 1. The summed E-state index contributed by atoms with van der Waals surface area (Å²) in [5, 5.41) is 8.33. The van der Waals surface area contributed by atoms with Crippen LogP contribution in [0.3, 0.4) is 0 Å². The molecular formula is C15H27N. The van der Waals surface area contributed by atoms with Crippen molar-refractivity contribution in [2.24, 2.45) is 5.92 Å². The Labute approximate surface area is 102 Å². The summed E-state index contributed by atoms with van der Waals surface area (Å²) in [4.78, 5) is 0. The van der Waals surface area contributed by atoms with Gasteiger partial charge >= 0.3 is 0 Å². The maximum absolute atomic E-state index is 8.33. The molecule has 0 aromatic carbocycles. The Kier molecular flexibility index (Phi) is 11.7. The largest absolute Gasteiger partial charge is 0.198 e. The summed E-state index contributed by atoms with van der Waals surface area (Å²) in [5.41, 5.74) is 0. The molecule has 0 aliphatic heterocycles. The van der Waals surface area contributed by atoms with E-state index in [1.165, 1.54) is 44.9 Å². The maximum atomic E-state index is 8.33. The highest BCUT2D eigenvalue weighted by Crippen LogP contribution is 2.14. The number of rotatable bonds is 10. The Hall–Kier alpha value is -0.770. The van der Waals surface area contributed by atoms with E-state index >= 15 is 0 Å². The van der Waals surface area contributed by atoms with Crippen molar-refractivity contribution in [1.29, 1.82) is 5.26 Å². The van der Waals surface area contributed by atoms with Crippen molar-refractivity contribution < 1.29 is 0 Å². The monoisotopic (exact) mass is 221 g/mol. The average Bonchev–Trinajstić information content (AvgIpc) is 2.31. The van der Waals surface area contributed by atoms with Crippen LogP contribution < -0.4 is 0 Å². The van der Waals surface area contributed by atoms with Crippen molar-refractivity contribution in [3.63, 3.8) is 0 Å². The molecule has 0 aromatic rings. The first kappa shape index (κ1) is 15.2. The lowest BCUT2D eigenvalue weighted by Crippen LogP contribution is -1.91. The minimum absolute atomic E-state index is 0.564. The third-order valence-electron chi connectivity index (χ3n) is 3.14. The van der Waals surface area contributed by atoms with Gasteiger partial charge in [0.15, 0.2) is 0 Å². The molecule has 0 amide bonds. The molecule has 0 radical (unpaired) electrons. The van der Waals surface area contributed by atoms with Crippen molar-refractivity contribution in [1.82, 2.24) is 0 Å². The number of unbranched alkanes of at least 4 members (excludes halogenated alkanes) is 5. The van der Waals surface area contributed by atoms with E-state index in [1.54, 1.807) is 0 Å². The zero-order valence-corrected chi connectivity index (χ0v) is 11.0. The van der Waals surface area contributed by atoms with Gasteiger partial charge in [0.2, 0.25) is 0 Å². The molecule has 1 nitrogen and oxygen atoms in total. The second kappa shape index (κ2) is 12.3. The van der Waals surface area contributed by atoms with Crippen molar-refractivity contribution in [3.8, 4) is 6.07 Å². The molecule has 0 N–H and O–H groups in total. The molecule has 0 bridgehead atoms. The van der Waals surface area contributed by atoms with Gasteiger partial charge < -0.3 is 0 Å². The Morgan fingerprint density at radius 2 is 1.75 bits per heavy atom. The smallest absolute Gasteiger partial charge is 0.0663 e. The molecule has 0 spiro atoms. The van der Waals surface area contributed by atoms with Crippen LogP contribution in [0.5, 0.6) is 0 Å². The van der Waals surface area contributed by atoms with Crippen LogP contribution in [0.25, 0.3) is 0 Å². The van der Waals surface area contributed by atoms with Crippen molar-refractivity contribution in [3.05, 3.63) is 12.2 Å². The standard InChI is InChI=1S/C15H27N/c1-3-15(2)13-11-9-7-5-4-6-8-10-12-14-16/h8,10,15H,3-7,9,11-13H2,1-2H3. The summed E-state index contributed by atoms with van der Waals surface area (Å²) >= 11 is 0. The number of nitriles is 1. The van der Waals surface area contributed by atoms with Crippen LogP contribution in [0.4, 0.5) is 0 Å². The number of hydrogen-bond acceptors (Lipinski definition) is 1. The molecule has 92 valence electrons. The highest BCUT2D eigenvalue weighted by Gasteiger charge is 1.97. The third-order valence-corrected chi connectivity index (χ3v) is 3.14. The van der Waals surface area contributed by atoms with Gasteiger partial charge in [-0.15, -0.1) is 0 Å². The molecular weight excluding hydrogens is 194 g/mol. The molecule has 0 aliphatic carbocycles. The second-order valence-corrected chi connectivity index (χ2v) is 4.69. The third kappa shape index (κ3) is 11.3. The lowest BCUT2D eigenvalue weighted by molar-refractivity contribution is 0.473. The van der Waals surface area contributed by atoms with Gasteiger partial charge in [0.05, 0.1) is 12.5 Å². The van der Waals surface area contributed by atoms with Gasteiger partial charge in [-0.3, -0.25) is 0 Å². The molecule has 1 unspecified atom stereocenters. The van der Waals surface area contributed by atoms with Gasteiger partial charge in [-0.1, -0.05) is 64.5 Å². The van der Waals surface area contributed by atoms with E-state index in [0.29, 0.717) is 6.42 Å². The summed E-state index contributed by atoms with van der Waals surface area (Å²) in [6.07, 6.45) is 15.4. The van der Waals surface area contributed by atoms with E-state index in [-0.39, 0.29) is 0 Å². The zero-order chi connectivity index (χ0) is 12.1. The lowest BCUT2D eigenvalue weighted by atomic mass is 10.00. The molecule has 0 aliphatic rings. The van der Waals surface area contributed by atoms with Crippen LogP contribution in [0.1, 0.15) is 71.6 Å². The van der Waals surface area contributed by atoms with Gasteiger partial charge in [0.25, 0.3) is 0 Å². The summed E-state index contributed by atoms with van der Waals surface area (Å²) in [5.74, 6) is 0.911. The molecule has 0 saturated carbocycles. The first-order valence-electron chi connectivity index (χ1n) is 6.83. The number of allylic oxidation sites excluding steroid dienone is 2. The van der Waals surface area contributed by atoms with E-state index < -0.39 is 0 Å². The Bertz CT molecular complexity index is 200. The van der Waals surface area contributed by atoms with E-state index in [9.17, 15) is 0 Å². The van der Waals surface area contributed by atoms with Crippen LogP contribution >= 0.6 is 0 Å². The Morgan fingerprint density at radius 3 is 2.44 bits per heavy atom. The van der Waals surface area contributed by atoms with Gasteiger partial charge in [-0.25, -0.2) is 0 Å².